The first kappa shape index (κ1) is 12.7. The zero-order chi connectivity index (χ0) is 12.3. The smallest absolute Gasteiger partial charge is 0.246 e. The van der Waals surface area contributed by atoms with Gasteiger partial charge < -0.3 is 4.90 Å². The first-order valence-electron chi connectivity index (χ1n) is 7.11. The van der Waals surface area contributed by atoms with E-state index in [4.69, 9.17) is 0 Å². The number of carbonyl (C=O) groups is 1. The number of allylic oxidation sites excluding steroid dienone is 1. The number of hydrogen-bond acceptors (Lipinski definition) is 1. The molecule has 2 fully saturated rings. The number of likely N-dealkylation sites (tertiary alicyclic amines) is 1. The van der Waals surface area contributed by atoms with Gasteiger partial charge in [0.05, 0.1) is 0 Å². The van der Waals surface area contributed by atoms with Crippen LogP contribution in [0.25, 0.3) is 0 Å². The summed E-state index contributed by atoms with van der Waals surface area (Å²) in [5.41, 5.74) is 0.506. The van der Waals surface area contributed by atoms with Crippen LogP contribution >= 0.6 is 0 Å². The topological polar surface area (TPSA) is 20.3 Å². The normalized spacial score (nSPS) is 32.4. The quantitative estimate of drug-likeness (QED) is 0.540. The molecule has 1 aliphatic carbocycles. The fourth-order valence-electron chi connectivity index (χ4n) is 3.49. The van der Waals surface area contributed by atoms with Gasteiger partial charge in [0.25, 0.3) is 0 Å². The van der Waals surface area contributed by atoms with E-state index in [1.807, 2.05) is 11.0 Å². The van der Waals surface area contributed by atoms with Crippen molar-refractivity contribution in [3.63, 3.8) is 0 Å². The summed E-state index contributed by atoms with van der Waals surface area (Å²) in [6, 6.07) is 0. The standard InChI is InChI=1S/C15H25NO/c1-3-4-5-6-7-14(17)16-9-8-15(12-16)10-13(2)11-15/h6-7,13H,3-5,8-12H2,1-2H3/b7-6+. The van der Waals surface area contributed by atoms with Crippen molar-refractivity contribution in [2.24, 2.45) is 11.3 Å². The Kier molecular flexibility index (Phi) is 3.90. The molecule has 1 saturated carbocycles. The summed E-state index contributed by atoms with van der Waals surface area (Å²) in [7, 11) is 0. The number of rotatable bonds is 4. The van der Waals surface area contributed by atoms with Gasteiger partial charge in [-0.25, -0.2) is 0 Å². The van der Waals surface area contributed by atoms with Crippen molar-refractivity contribution < 1.29 is 4.79 Å². The van der Waals surface area contributed by atoms with E-state index >= 15 is 0 Å². The van der Waals surface area contributed by atoms with Gasteiger partial charge in [-0.05, 0) is 43.1 Å². The highest BCUT2D eigenvalue weighted by atomic mass is 16.2. The molecule has 17 heavy (non-hydrogen) atoms. The van der Waals surface area contributed by atoms with Gasteiger partial charge >= 0.3 is 0 Å². The number of amides is 1. The molecule has 0 unspecified atom stereocenters. The van der Waals surface area contributed by atoms with Gasteiger partial charge in [-0.2, -0.15) is 0 Å². The molecule has 2 heteroatoms. The zero-order valence-electron chi connectivity index (χ0n) is 11.2. The summed E-state index contributed by atoms with van der Waals surface area (Å²) < 4.78 is 0. The monoisotopic (exact) mass is 235 g/mol. The highest BCUT2D eigenvalue weighted by Crippen LogP contribution is 2.51. The van der Waals surface area contributed by atoms with Crippen molar-refractivity contribution in [1.29, 1.82) is 0 Å². The molecule has 1 saturated heterocycles. The van der Waals surface area contributed by atoms with Crippen molar-refractivity contribution in [1.82, 2.24) is 4.90 Å². The van der Waals surface area contributed by atoms with Crippen molar-refractivity contribution in [3.05, 3.63) is 12.2 Å². The molecule has 1 heterocycles. The lowest BCUT2D eigenvalue weighted by Gasteiger charge is -2.43. The average Bonchev–Trinajstić information content (AvgIpc) is 2.69. The maximum Gasteiger partial charge on any atom is 0.246 e. The van der Waals surface area contributed by atoms with Gasteiger partial charge in [0.1, 0.15) is 0 Å². The van der Waals surface area contributed by atoms with E-state index in [9.17, 15) is 4.79 Å². The van der Waals surface area contributed by atoms with Crippen LogP contribution in [0.3, 0.4) is 0 Å². The van der Waals surface area contributed by atoms with Crippen molar-refractivity contribution in [2.45, 2.75) is 52.4 Å². The molecule has 0 aromatic carbocycles. The second-order valence-electron chi connectivity index (χ2n) is 6.07. The Hall–Kier alpha value is -0.790. The Bertz CT molecular complexity index is 302. The molecule has 0 aromatic rings. The predicted molar refractivity (Wildman–Crippen MR) is 70.7 cm³/mol. The van der Waals surface area contributed by atoms with Crippen molar-refractivity contribution in [3.8, 4) is 0 Å². The third-order valence-electron chi connectivity index (χ3n) is 4.30. The lowest BCUT2D eigenvalue weighted by molar-refractivity contribution is -0.125. The Balaban J connectivity index is 1.76. The Morgan fingerprint density at radius 3 is 2.88 bits per heavy atom. The van der Waals surface area contributed by atoms with E-state index < -0.39 is 0 Å². The maximum absolute atomic E-state index is 12.0. The van der Waals surface area contributed by atoms with Crippen molar-refractivity contribution >= 4 is 5.91 Å². The minimum Gasteiger partial charge on any atom is -0.339 e. The third-order valence-corrected chi connectivity index (χ3v) is 4.30. The molecular formula is C15H25NO. The second-order valence-corrected chi connectivity index (χ2v) is 6.07. The van der Waals surface area contributed by atoms with Gasteiger partial charge in [0.2, 0.25) is 5.91 Å². The van der Waals surface area contributed by atoms with Crippen LogP contribution in [0.15, 0.2) is 12.2 Å². The SMILES string of the molecule is CCCC/C=C/C(=O)N1CCC2(CC(C)C2)C1. The first-order valence-corrected chi connectivity index (χ1v) is 7.11. The highest BCUT2D eigenvalue weighted by Gasteiger charge is 2.47. The van der Waals surface area contributed by atoms with Crippen LogP contribution in [-0.2, 0) is 4.79 Å². The summed E-state index contributed by atoms with van der Waals surface area (Å²) in [6.45, 7) is 6.48. The molecule has 2 aliphatic rings. The Morgan fingerprint density at radius 1 is 1.47 bits per heavy atom. The fourth-order valence-corrected chi connectivity index (χ4v) is 3.49. The van der Waals surface area contributed by atoms with E-state index in [1.54, 1.807) is 6.08 Å². The minimum atomic E-state index is 0.234. The predicted octanol–water partition coefficient (Wildman–Crippen LogP) is 3.38. The van der Waals surface area contributed by atoms with Gasteiger partial charge in [0.15, 0.2) is 0 Å². The van der Waals surface area contributed by atoms with Crippen molar-refractivity contribution in [2.75, 3.05) is 13.1 Å². The second kappa shape index (κ2) is 5.24. The molecule has 0 bridgehead atoms. The summed E-state index contributed by atoms with van der Waals surface area (Å²) >= 11 is 0. The lowest BCUT2D eigenvalue weighted by Crippen LogP contribution is -2.39. The van der Waals surface area contributed by atoms with E-state index in [0.717, 1.165) is 25.4 Å². The van der Waals surface area contributed by atoms with Gasteiger partial charge in [-0.1, -0.05) is 32.8 Å². The van der Waals surface area contributed by atoms with Crippen LogP contribution in [0.1, 0.15) is 52.4 Å². The summed E-state index contributed by atoms with van der Waals surface area (Å²) in [4.78, 5) is 14.0. The van der Waals surface area contributed by atoms with E-state index in [-0.39, 0.29) is 5.91 Å². The third kappa shape index (κ3) is 2.91. The van der Waals surface area contributed by atoms with Gasteiger partial charge in [-0.3, -0.25) is 4.79 Å². The van der Waals surface area contributed by atoms with E-state index in [1.165, 1.54) is 32.1 Å². The number of unbranched alkanes of at least 4 members (excludes halogenated alkanes) is 2. The van der Waals surface area contributed by atoms with Crippen LogP contribution in [0.2, 0.25) is 0 Å². The largest absolute Gasteiger partial charge is 0.339 e. The van der Waals surface area contributed by atoms with Crippen LogP contribution in [0.4, 0.5) is 0 Å². The Labute approximate surface area is 105 Å². The minimum absolute atomic E-state index is 0.234. The number of nitrogens with zero attached hydrogens (tertiary/aromatic N) is 1. The molecule has 0 N–H and O–H groups in total. The molecule has 2 nitrogen and oxygen atoms in total. The van der Waals surface area contributed by atoms with E-state index in [0.29, 0.717) is 5.41 Å². The fraction of sp³-hybridized carbons (Fsp3) is 0.800. The molecule has 1 amide bonds. The van der Waals surface area contributed by atoms with Crippen LogP contribution in [-0.4, -0.2) is 23.9 Å². The molecule has 1 aliphatic heterocycles. The van der Waals surface area contributed by atoms with Gasteiger partial charge in [0, 0.05) is 13.1 Å². The molecule has 0 atom stereocenters. The summed E-state index contributed by atoms with van der Waals surface area (Å²) in [5, 5.41) is 0. The first-order chi connectivity index (χ1) is 8.15. The maximum atomic E-state index is 12.0. The van der Waals surface area contributed by atoms with Crippen LogP contribution < -0.4 is 0 Å². The molecule has 2 rings (SSSR count). The molecular weight excluding hydrogens is 210 g/mol. The average molecular weight is 235 g/mol. The highest BCUT2D eigenvalue weighted by molar-refractivity contribution is 5.87. The van der Waals surface area contributed by atoms with Gasteiger partial charge in [-0.15, -0.1) is 0 Å². The summed E-state index contributed by atoms with van der Waals surface area (Å²) in [6.07, 6.45) is 11.1. The molecule has 0 radical (unpaired) electrons. The van der Waals surface area contributed by atoms with E-state index in [2.05, 4.69) is 13.8 Å². The summed E-state index contributed by atoms with van der Waals surface area (Å²) in [5.74, 6) is 1.11. The zero-order valence-corrected chi connectivity index (χ0v) is 11.2. The number of carbonyl (C=O) groups excluding carboxylic acids is 1. The lowest BCUT2D eigenvalue weighted by atomic mass is 9.62. The van der Waals surface area contributed by atoms with Crippen LogP contribution in [0, 0.1) is 11.3 Å². The molecule has 96 valence electrons. The number of hydrogen-bond donors (Lipinski definition) is 0. The Morgan fingerprint density at radius 2 is 2.24 bits per heavy atom. The molecule has 1 spiro atoms. The molecule has 0 aromatic heterocycles. The van der Waals surface area contributed by atoms with Crippen LogP contribution in [0.5, 0.6) is 0 Å².